The van der Waals surface area contributed by atoms with Crippen LogP contribution in [0.25, 0.3) is 0 Å². The molecule has 1 aliphatic heterocycles. The number of nitrogens with zero attached hydrogens (tertiary/aromatic N) is 1. The molecule has 0 unspecified atom stereocenters. The van der Waals surface area contributed by atoms with Crippen LogP contribution >= 0.6 is 0 Å². The molecule has 0 spiro atoms. The van der Waals surface area contributed by atoms with Gasteiger partial charge in [0.15, 0.2) is 0 Å². The number of carbonyl (C=O) groups is 1. The van der Waals surface area contributed by atoms with Crippen molar-refractivity contribution in [2.45, 2.75) is 12.0 Å². The molecule has 0 atom stereocenters. The maximum absolute atomic E-state index is 13.1. The zero-order valence-corrected chi connectivity index (χ0v) is 9.76. The minimum absolute atomic E-state index is 0.243. The first-order chi connectivity index (χ1) is 8.92. The number of hydrogen-bond donors (Lipinski definition) is 2. The van der Waals surface area contributed by atoms with E-state index in [0.29, 0.717) is 0 Å². The van der Waals surface area contributed by atoms with Crippen molar-refractivity contribution in [1.29, 1.82) is 0 Å². The van der Waals surface area contributed by atoms with Gasteiger partial charge in [-0.3, -0.25) is 14.9 Å². The molecule has 0 saturated carbocycles. The van der Waals surface area contributed by atoms with Crippen molar-refractivity contribution in [2.75, 3.05) is 13.1 Å². The smallest absolute Gasteiger partial charge is 0.311 e. The Morgan fingerprint density at radius 2 is 2.26 bits per heavy atom. The van der Waals surface area contributed by atoms with E-state index in [4.69, 9.17) is 9.84 Å². The lowest BCUT2D eigenvalue weighted by Gasteiger charge is -2.41. The lowest BCUT2D eigenvalue weighted by Crippen LogP contribution is -2.64. The fourth-order valence-corrected chi connectivity index (χ4v) is 1.87. The molecule has 8 heteroatoms. The second kappa shape index (κ2) is 4.81. The molecule has 1 saturated heterocycles. The molecular weight excluding hydrogens is 259 g/mol. The number of halogens is 1. The van der Waals surface area contributed by atoms with Crippen LogP contribution in [0.2, 0.25) is 0 Å². The fraction of sp³-hybridized carbons (Fsp3) is 0.364. The Hall–Kier alpha value is -2.22. The predicted molar refractivity (Wildman–Crippen MR) is 61.5 cm³/mol. The van der Waals surface area contributed by atoms with Gasteiger partial charge in [-0.2, -0.15) is 0 Å². The largest absolute Gasteiger partial charge is 0.481 e. The van der Waals surface area contributed by atoms with E-state index in [0.717, 1.165) is 18.2 Å². The molecule has 102 valence electrons. The number of benzene rings is 1. The van der Waals surface area contributed by atoms with E-state index in [1.54, 1.807) is 0 Å². The first-order valence-electron chi connectivity index (χ1n) is 5.47. The van der Waals surface area contributed by atoms with Gasteiger partial charge in [0.1, 0.15) is 11.4 Å². The number of nitro benzene ring substituents is 1. The van der Waals surface area contributed by atoms with Crippen LogP contribution in [0.1, 0.15) is 6.42 Å². The third-order valence-electron chi connectivity index (χ3n) is 2.81. The van der Waals surface area contributed by atoms with Crippen LogP contribution in [-0.2, 0) is 4.79 Å². The summed E-state index contributed by atoms with van der Waals surface area (Å²) in [5, 5.41) is 22.5. The van der Waals surface area contributed by atoms with Gasteiger partial charge < -0.3 is 15.2 Å². The minimum atomic E-state index is -1.08. The number of ether oxygens (including phenoxy) is 1. The molecule has 1 aromatic rings. The normalized spacial score (nSPS) is 16.5. The molecule has 0 aromatic heterocycles. The zero-order chi connectivity index (χ0) is 14.0. The van der Waals surface area contributed by atoms with E-state index in [9.17, 15) is 19.3 Å². The molecule has 2 N–H and O–H groups in total. The first-order valence-corrected chi connectivity index (χ1v) is 5.47. The van der Waals surface area contributed by atoms with Crippen molar-refractivity contribution >= 4 is 11.7 Å². The second-order valence-electron chi connectivity index (χ2n) is 4.33. The summed E-state index contributed by atoms with van der Waals surface area (Å²) in [6, 6.07) is 2.83. The maximum atomic E-state index is 13.1. The monoisotopic (exact) mass is 270 g/mol. The maximum Gasteiger partial charge on any atom is 0.311 e. The number of carboxylic acid groups (broad SMARTS) is 1. The van der Waals surface area contributed by atoms with Gasteiger partial charge in [0.05, 0.1) is 11.3 Å². The highest BCUT2D eigenvalue weighted by Gasteiger charge is 2.43. The van der Waals surface area contributed by atoms with Crippen molar-refractivity contribution in [3.05, 3.63) is 34.1 Å². The van der Waals surface area contributed by atoms with E-state index in [1.165, 1.54) is 0 Å². The van der Waals surface area contributed by atoms with Gasteiger partial charge in [-0.25, -0.2) is 4.39 Å². The average Bonchev–Trinajstić information content (AvgIpc) is 2.25. The Morgan fingerprint density at radius 3 is 2.74 bits per heavy atom. The number of hydrogen-bond acceptors (Lipinski definition) is 5. The minimum Gasteiger partial charge on any atom is -0.481 e. The fourth-order valence-electron chi connectivity index (χ4n) is 1.87. The lowest BCUT2D eigenvalue weighted by molar-refractivity contribution is -0.386. The Bertz CT molecular complexity index is 530. The summed E-state index contributed by atoms with van der Waals surface area (Å²) >= 11 is 0. The summed E-state index contributed by atoms with van der Waals surface area (Å²) in [5.41, 5.74) is -1.46. The lowest BCUT2D eigenvalue weighted by atomic mass is 9.92. The van der Waals surface area contributed by atoms with Gasteiger partial charge in [0, 0.05) is 25.2 Å². The standard InChI is InChI=1S/C11H11FN2O5/c12-7-1-2-8(14(17)18)9(3-7)19-11(4-10(15)16)5-13-6-11/h1-3,13H,4-6H2,(H,15,16). The van der Waals surface area contributed by atoms with Crippen molar-refractivity contribution in [3.8, 4) is 5.75 Å². The molecule has 19 heavy (non-hydrogen) atoms. The summed E-state index contributed by atoms with van der Waals surface area (Å²) < 4.78 is 18.5. The molecule has 1 heterocycles. The Labute approximate surface area is 107 Å². The topological polar surface area (TPSA) is 102 Å². The van der Waals surface area contributed by atoms with E-state index in [2.05, 4.69) is 5.32 Å². The van der Waals surface area contributed by atoms with Crippen LogP contribution in [0.4, 0.5) is 10.1 Å². The molecular formula is C11H11FN2O5. The zero-order valence-electron chi connectivity index (χ0n) is 9.76. The van der Waals surface area contributed by atoms with Gasteiger partial charge in [0.25, 0.3) is 0 Å². The molecule has 1 fully saturated rings. The third kappa shape index (κ3) is 2.79. The quantitative estimate of drug-likeness (QED) is 0.609. The van der Waals surface area contributed by atoms with Crippen molar-refractivity contribution < 1.29 is 24.0 Å². The number of nitrogens with one attached hydrogen (secondary N) is 1. The summed E-state index contributed by atoms with van der Waals surface area (Å²) in [7, 11) is 0. The molecule has 0 bridgehead atoms. The molecule has 7 nitrogen and oxygen atoms in total. The van der Waals surface area contributed by atoms with Crippen molar-refractivity contribution in [1.82, 2.24) is 5.32 Å². The summed E-state index contributed by atoms with van der Waals surface area (Å²) in [6.45, 7) is 0.486. The van der Waals surface area contributed by atoms with Gasteiger partial charge in [-0.05, 0) is 6.07 Å². The van der Waals surface area contributed by atoms with Crippen molar-refractivity contribution in [2.24, 2.45) is 0 Å². The summed E-state index contributed by atoms with van der Waals surface area (Å²) in [6.07, 6.45) is -0.312. The molecule has 1 aromatic carbocycles. The van der Waals surface area contributed by atoms with Crippen LogP contribution in [0.5, 0.6) is 5.75 Å². The third-order valence-corrected chi connectivity index (χ3v) is 2.81. The molecule has 0 aliphatic carbocycles. The van der Waals surface area contributed by atoms with Crippen LogP contribution < -0.4 is 10.1 Å². The van der Waals surface area contributed by atoms with Crippen molar-refractivity contribution in [3.63, 3.8) is 0 Å². The van der Waals surface area contributed by atoms with E-state index >= 15 is 0 Å². The molecule has 0 amide bonds. The summed E-state index contributed by atoms with van der Waals surface area (Å²) in [4.78, 5) is 20.9. The number of nitro groups is 1. The Morgan fingerprint density at radius 1 is 1.58 bits per heavy atom. The highest BCUT2D eigenvalue weighted by molar-refractivity contribution is 5.68. The van der Waals surface area contributed by atoms with Gasteiger partial charge in [-0.15, -0.1) is 0 Å². The van der Waals surface area contributed by atoms with E-state index in [1.807, 2.05) is 0 Å². The van der Waals surface area contributed by atoms with Crippen LogP contribution in [0, 0.1) is 15.9 Å². The average molecular weight is 270 g/mol. The number of rotatable bonds is 5. The summed E-state index contributed by atoms with van der Waals surface area (Å²) in [5.74, 6) is -2.02. The highest BCUT2D eigenvalue weighted by Crippen LogP contribution is 2.33. The SMILES string of the molecule is O=C(O)CC1(Oc2cc(F)ccc2[N+](=O)[O-])CNC1. The number of carboxylic acids is 1. The van der Waals surface area contributed by atoms with Gasteiger partial charge in [-0.1, -0.05) is 0 Å². The van der Waals surface area contributed by atoms with Crippen LogP contribution in [-0.4, -0.2) is 34.7 Å². The first kappa shape index (κ1) is 13.2. The second-order valence-corrected chi connectivity index (χ2v) is 4.33. The predicted octanol–water partition coefficient (Wildman–Crippen LogP) is 0.929. The highest BCUT2D eigenvalue weighted by atomic mass is 19.1. The molecule has 2 rings (SSSR count). The molecule has 0 radical (unpaired) electrons. The van der Waals surface area contributed by atoms with Crippen LogP contribution in [0.15, 0.2) is 18.2 Å². The van der Waals surface area contributed by atoms with E-state index in [-0.39, 0.29) is 25.3 Å². The van der Waals surface area contributed by atoms with Gasteiger partial charge >= 0.3 is 11.7 Å². The van der Waals surface area contributed by atoms with Gasteiger partial charge in [0.2, 0.25) is 5.75 Å². The number of aliphatic carboxylic acids is 1. The Balaban J connectivity index is 2.28. The van der Waals surface area contributed by atoms with E-state index < -0.39 is 28.0 Å². The van der Waals surface area contributed by atoms with Crippen LogP contribution in [0.3, 0.4) is 0 Å². The molecule has 1 aliphatic rings. The Kier molecular flexibility index (Phi) is 3.34.